The van der Waals surface area contributed by atoms with Gasteiger partial charge in [-0.15, -0.1) is 5.10 Å². The summed E-state index contributed by atoms with van der Waals surface area (Å²) >= 11 is 0. The summed E-state index contributed by atoms with van der Waals surface area (Å²) < 4.78 is 0. The number of aromatic amines is 1. The van der Waals surface area contributed by atoms with Gasteiger partial charge in [0, 0.05) is 5.92 Å². The molecule has 2 aromatic heterocycles. The molecule has 0 aliphatic rings. The molecule has 0 radical (unpaired) electrons. The maximum absolute atomic E-state index is 10.5. The van der Waals surface area contributed by atoms with E-state index in [1.54, 1.807) is 19.2 Å². The van der Waals surface area contributed by atoms with E-state index in [0.717, 1.165) is 5.52 Å². The van der Waals surface area contributed by atoms with Crippen LogP contribution in [0, 0.1) is 0 Å². The van der Waals surface area contributed by atoms with Crippen LogP contribution in [-0.2, 0) is 4.79 Å². The molecule has 0 fully saturated rings. The summed E-state index contributed by atoms with van der Waals surface area (Å²) in [7, 11) is 0. The number of nitrogens with zero attached hydrogens (tertiary/aromatic N) is 3. The van der Waals surface area contributed by atoms with E-state index >= 15 is 0 Å². The molecule has 0 saturated heterocycles. The van der Waals surface area contributed by atoms with Crippen LogP contribution in [0.5, 0.6) is 0 Å². The molecule has 0 spiro atoms. The van der Waals surface area contributed by atoms with Gasteiger partial charge in [-0.05, 0) is 6.07 Å². The predicted octanol–water partition coefficient (Wildman–Crippen LogP) is 0.931. The van der Waals surface area contributed by atoms with E-state index in [-0.39, 0.29) is 12.3 Å². The number of carbonyl (C=O) groups is 1. The quantitative estimate of drug-likeness (QED) is 0.779. The van der Waals surface area contributed by atoms with Gasteiger partial charge in [-0.2, -0.15) is 5.10 Å². The molecule has 0 aliphatic heterocycles. The second kappa shape index (κ2) is 3.64. The molecule has 2 heterocycles. The van der Waals surface area contributed by atoms with Crippen molar-refractivity contribution in [3.05, 3.63) is 18.1 Å². The lowest BCUT2D eigenvalue weighted by Gasteiger charge is -2.02. The Labute approximate surface area is 85.4 Å². The summed E-state index contributed by atoms with van der Waals surface area (Å²) in [5.74, 6) is -0.362. The summed E-state index contributed by atoms with van der Waals surface area (Å²) in [4.78, 5) is 17.7. The number of rotatable bonds is 3. The number of aliphatic carboxylic acids is 1. The second-order valence-electron chi connectivity index (χ2n) is 3.39. The zero-order valence-corrected chi connectivity index (χ0v) is 8.14. The van der Waals surface area contributed by atoms with Gasteiger partial charge >= 0.3 is 5.97 Å². The highest BCUT2D eigenvalue weighted by Gasteiger charge is 2.14. The fourth-order valence-corrected chi connectivity index (χ4v) is 1.38. The average Bonchev–Trinajstić information content (AvgIpc) is 2.59. The first-order chi connectivity index (χ1) is 7.16. The van der Waals surface area contributed by atoms with E-state index in [1.165, 1.54) is 0 Å². The van der Waals surface area contributed by atoms with Crippen molar-refractivity contribution in [2.75, 3.05) is 0 Å². The lowest BCUT2D eigenvalue weighted by molar-refractivity contribution is -0.137. The van der Waals surface area contributed by atoms with Gasteiger partial charge in [0.15, 0.2) is 5.65 Å². The molecule has 1 atom stereocenters. The van der Waals surface area contributed by atoms with Gasteiger partial charge in [0.2, 0.25) is 0 Å². The van der Waals surface area contributed by atoms with E-state index in [0.29, 0.717) is 11.5 Å². The third-order valence-electron chi connectivity index (χ3n) is 2.14. The van der Waals surface area contributed by atoms with Crippen LogP contribution in [-0.4, -0.2) is 31.2 Å². The third-order valence-corrected chi connectivity index (χ3v) is 2.14. The Morgan fingerprint density at radius 3 is 3.13 bits per heavy atom. The van der Waals surface area contributed by atoms with Crippen LogP contribution in [0.15, 0.2) is 12.3 Å². The number of aromatic nitrogens is 4. The molecule has 1 unspecified atom stereocenters. The first-order valence-corrected chi connectivity index (χ1v) is 4.56. The number of fused-ring (bicyclic) bond motifs is 1. The smallest absolute Gasteiger partial charge is 0.304 e. The van der Waals surface area contributed by atoms with Crippen LogP contribution in [0.1, 0.15) is 25.1 Å². The molecule has 2 N–H and O–H groups in total. The van der Waals surface area contributed by atoms with Gasteiger partial charge in [0.05, 0.1) is 18.1 Å². The molecule has 0 aromatic carbocycles. The number of carboxylic acid groups (broad SMARTS) is 1. The minimum absolute atomic E-state index is 0.0489. The number of H-pyrrole nitrogens is 1. The van der Waals surface area contributed by atoms with Crippen LogP contribution < -0.4 is 0 Å². The van der Waals surface area contributed by atoms with E-state index in [2.05, 4.69) is 20.2 Å². The standard InChI is InChI=1S/C9H10N4O2/c1-5(4-7(14)15)8-11-6-2-3-10-13-9(6)12-8/h2-3,5H,4H2,1H3,(H,14,15)(H,11,12,13). The normalized spacial score (nSPS) is 12.9. The molecule has 0 saturated carbocycles. The first kappa shape index (κ1) is 9.57. The maximum atomic E-state index is 10.5. The largest absolute Gasteiger partial charge is 0.481 e. The highest BCUT2D eigenvalue weighted by Crippen LogP contribution is 2.18. The number of imidazole rings is 1. The third kappa shape index (κ3) is 1.93. The summed E-state index contributed by atoms with van der Waals surface area (Å²) in [5, 5.41) is 16.2. The van der Waals surface area contributed by atoms with E-state index in [1.807, 2.05) is 0 Å². The van der Waals surface area contributed by atoms with Crippen molar-refractivity contribution in [2.24, 2.45) is 0 Å². The van der Waals surface area contributed by atoms with Crippen molar-refractivity contribution in [1.82, 2.24) is 20.2 Å². The molecule has 0 amide bonds. The average molecular weight is 206 g/mol. The minimum Gasteiger partial charge on any atom is -0.481 e. The fourth-order valence-electron chi connectivity index (χ4n) is 1.38. The Kier molecular flexibility index (Phi) is 2.32. The Balaban J connectivity index is 2.32. The van der Waals surface area contributed by atoms with E-state index in [4.69, 9.17) is 5.11 Å². The van der Waals surface area contributed by atoms with Crippen LogP contribution in [0.3, 0.4) is 0 Å². The van der Waals surface area contributed by atoms with Gasteiger partial charge in [-0.25, -0.2) is 4.98 Å². The molecule has 2 aromatic rings. The van der Waals surface area contributed by atoms with E-state index in [9.17, 15) is 4.79 Å². The highest BCUT2D eigenvalue weighted by atomic mass is 16.4. The van der Waals surface area contributed by atoms with Crippen molar-refractivity contribution in [1.29, 1.82) is 0 Å². The molecule has 78 valence electrons. The number of nitrogens with one attached hydrogen (secondary N) is 1. The monoisotopic (exact) mass is 206 g/mol. The van der Waals surface area contributed by atoms with Crippen LogP contribution in [0.25, 0.3) is 11.2 Å². The number of hydrogen-bond acceptors (Lipinski definition) is 4. The molecular formula is C9H10N4O2. The van der Waals surface area contributed by atoms with Gasteiger partial charge < -0.3 is 10.1 Å². The van der Waals surface area contributed by atoms with Crippen molar-refractivity contribution >= 4 is 17.1 Å². The molecule has 6 nitrogen and oxygen atoms in total. The maximum Gasteiger partial charge on any atom is 0.304 e. The van der Waals surface area contributed by atoms with Gasteiger partial charge in [-0.1, -0.05) is 6.92 Å². The number of hydrogen-bond donors (Lipinski definition) is 2. The molecule has 0 aliphatic carbocycles. The zero-order chi connectivity index (χ0) is 10.8. The van der Waals surface area contributed by atoms with Crippen LogP contribution in [0.2, 0.25) is 0 Å². The molecule has 0 bridgehead atoms. The Morgan fingerprint density at radius 1 is 1.67 bits per heavy atom. The van der Waals surface area contributed by atoms with Crippen molar-refractivity contribution in [2.45, 2.75) is 19.3 Å². The van der Waals surface area contributed by atoms with Crippen molar-refractivity contribution in [3.8, 4) is 0 Å². The van der Waals surface area contributed by atoms with Crippen molar-refractivity contribution < 1.29 is 9.90 Å². The molecule has 2 rings (SSSR count). The predicted molar refractivity (Wildman–Crippen MR) is 52.4 cm³/mol. The van der Waals surface area contributed by atoms with Gasteiger partial charge in [-0.3, -0.25) is 4.79 Å². The fraction of sp³-hybridized carbons (Fsp3) is 0.333. The topological polar surface area (TPSA) is 91.8 Å². The minimum atomic E-state index is -0.839. The lowest BCUT2D eigenvalue weighted by Crippen LogP contribution is -2.04. The lowest BCUT2D eigenvalue weighted by atomic mass is 10.1. The Morgan fingerprint density at radius 2 is 2.47 bits per heavy atom. The Hall–Kier alpha value is -1.98. The van der Waals surface area contributed by atoms with Gasteiger partial charge in [0.25, 0.3) is 0 Å². The molecule has 6 heteroatoms. The molecular weight excluding hydrogens is 196 g/mol. The van der Waals surface area contributed by atoms with E-state index < -0.39 is 5.97 Å². The Bertz CT molecular complexity index is 461. The van der Waals surface area contributed by atoms with Crippen LogP contribution >= 0.6 is 0 Å². The highest BCUT2D eigenvalue weighted by molar-refractivity contribution is 5.70. The van der Waals surface area contributed by atoms with Crippen molar-refractivity contribution in [3.63, 3.8) is 0 Å². The number of carboxylic acids is 1. The second-order valence-corrected chi connectivity index (χ2v) is 3.39. The zero-order valence-electron chi connectivity index (χ0n) is 8.14. The van der Waals surface area contributed by atoms with Gasteiger partial charge in [0.1, 0.15) is 5.82 Å². The first-order valence-electron chi connectivity index (χ1n) is 4.56. The SMILES string of the molecule is CC(CC(=O)O)c1nc2nnccc2[nH]1. The summed E-state index contributed by atoms with van der Waals surface area (Å²) in [6.45, 7) is 1.80. The summed E-state index contributed by atoms with van der Waals surface area (Å²) in [6, 6.07) is 1.76. The molecule has 15 heavy (non-hydrogen) atoms. The van der Waals surface area contributed by atoms with Crippen LogP contribution in [0.4, 0.5) is 0 Å². The summed E-state index contributed by atoms with van der Waals surface area (Å²) in [6.07, 6.45) is 1.61. The summed E-state index contributed by atoms with van der Waals surface area (Å²) in [5.41, 5.74) is 1.29.